The van der Waals surface area contributed by atoms with Gasteiger partial charge in [0.15, 0.2) is 11.5 Å². The average molecular weight is 466 g/mol. The predicted octanol–water partition coefficient (Wildman–Crippen LogP) is 4.70. The van der Waals surface area contributed by atoms with Crippen LogP contribution in [0.5, 0.6) is 11.5 Å². The summed E-state index contributed by atoms with van der Waals surface area (Å²) in [4.78, 5) is 16.9. The van der Waals surface area contributed by atoms with E-state index < -0.39 is 0 Å². The number of amides is 1. The third-order valence-corrected chi connectivity index (χ3v) is 7.02. The van der Waals surface area contributed by atoms with Crippen LogP contribution in [0.4, 0.5) is 0 Å². The van der Waals surface area contributed by atoms with E-state index in [-0.39, 0.29) is 11.9 Å². The van der Waals surface area contributed by atoms with Crippen LogP contribution in [-0.4, -0.2) is 48.3 Å². The van der Waals surface area contributed by atoms with E-state index in [1.54, 1.807) is 36.8 Å². The molecular weight excluding hydrogens is 438 g/mol. The number of methoxy groups -OCH3 is 2. The molecule has 1 atom stereocenters. The summed E-state index contributed by atoms with van der Waals surface area (Å²) < 4.78 is 16.4. The Morgan fingerprint density at radius 2 is 2.03 bits per heavy atom. The van der Waals surface area contributed by atoms with Crippen molar-refractivity contribution in [2.45, 2.75) is 37.9 Å². The normalized spacial score (nSPS) is 18.0. The molecule has 5 rings (SSSR count). The van der Waals surface area contributed by atoms with Gasteiger partial charge in [-0.25, -0.2) is 5.01 Å². The lowest BCUT2D eigenvalue weighted by molar-refractivity contribution is -0.134. The second kappa shape index (κ2) is 9.41. The van der Waals surface area contributed by atoms with Crippen molar-refractivity contribution in [3.8, 4) is 11.5 Å². The summed E-state index contributed by atoms with van der Waals surface area (Å²) in [5, 5.41) is 8.50. The molecule has 172 valence electrons. The molecule has 2 aromatic heterocycles. The van der Waals surface area contributed by atoms with Crippen molar-refractivity contribution in [3.63, 3.8) is 0 Å². The molecule has 0 spiro atoms. The zero-order valence-corrected chi connectivity index (χ0v) is 19.6. The quantitative estimate of drug-likeness (QED) is 0.458. The van der Waals surface area contributed by atoms with Crippen molar-refractivity contribution in [1.29, 1.82) is 0 Å². The molecule has 1 saturated carbocycles. The van der Waals surface area contributed by atoms with Crippen molar-refractivity contribution in [2.24, 2.45) is 5.10 Å². The number of rotatable bonds is 9. The highest BCUT2D eigenvalue weighted by Crippen LogP contribution is 2.38. The summed E-state index contributed by atoms with van der Waals surface area (Å²) in [5.74, 6) is 2.16. The molecule has 0 N–H and O–H groups in total. The van der Waals surface area contributed by atoms with Crippen molar-refractivity contribution in [3.05, 3.63) is 70.3 Å². The van der Waals surface area contributed by atoms with Gasteiger partial charge < -0.3 is 13.9 Å². The van der Waals surface area contributed by atoms with Gasteiger partial charge in [0, 0.05) is 12.5 Å². The van der Waals surface area contributed by atoms with E-state index in [1.165, 1.54) is 0 Å². The monoisotopic (exact) mass is 465 g/mol. The number of hydrazone groups is 1. The lowest BCUT2D eigenvalue weighted by Crippen LogP contribution is -2.39. The molecule has 33 heavy (non-hydrogen) atoms. The SMILES string of the molecule is COc1ccc([C@@H]2CC(c3cccs3)=NN2C(=O)CN(Cc2ccco2)C2CC2)cc1OC. The lowest BCUT2D eigenvalue weighted by atomic mass is 10.0. The smallest absolute Gasteiger partial charge is 0.257 e. The maximum Gasteiger partial charge on any atom is 0.257 e. The van der Waals surface area contributed by atoms with Gasteiger partial charge >= 0.3 is 0 Å². The summed E-state index contributed by atoms with van der Waals surface area (Å²) in [6.07, 6.45) is 4.55. The molecule has 0 radical (unpaired) electrons. The Labute approximate surface area is 197 Å². The highest BCUT2D eigenvalue weighted by Gasteiger charge is 2.37. The summed E-state index contributed by atoms with van der Waals surface area (Å²) in [7, 11) is 3.24. The van der Waals surface area contributed by atoms with Crippen LogP contribution in [0.3, 0.4) is 0 Å². The van der Waals surface area contributed by atoms with Crippen LogP contribution in [0, 0.1) is 0 Å². The molecule has 2 aliphatic rings. The minimum atomic E-state index is -0.195. The zero-order valence-electron chi connectivity index (χ0n) is 18.8. The van der Waals surface area contributed by atoms with Crippen molar-refractivity contribution in [1.82, 2.24) is 9.91 Å². The highest BCUT2D eigenvalue weighted by atomic mass is 32.1. The first kappa shape index (κ1) is 21.7. The second-order valence-electron chi connectivity index (χ2n) is 8.31. The maximum atomic E-state index is 13.6. The first-order valence-electron chi connectivity index (χ1n) is 11.1. The molecule has 3 heterocycles. The highest BCUT2D eigenvalue weighted by molar-refractivity contribution is 7.12. The largest absolute Gasteiger partial charge is 0.493 e. The number of hydrogen-bond donors (Lipinski definition) is 0. The Morgan fingerprint density at radius 3 is 2.70 bits per heavy atom. The van der Waals surface area contributed by atoms with Gasteiger partial charge in [0.1, 0.15) is 5.76 Å². The number of thiophene rings is 1. The fourth-order valence-corrected chi connectivity index (χ4v) is 4.98. The Kier molecular flexibility index (Phi) is 6.20. The Hall–Kier alpha value is -3.10. The van der Waals surface area contributed by atoms with Crippen molar-refractivity contribution >= 4 is 23.0 Å². The number of benzene rings is 1. The number of hydrogen-bond acceptors (Lipinski definition) is 7. The van der Waals surface area contributed by atoms with Gasteiger partial charge in [-0.2, -0.15) is 5.10 Å². The molecule has 1 aromatic carbocycles. The molecule has 8 heteroatoms. The Bertz CT molecular complexity index is 1120. The molecular formula is C25H27N3O4S. The van der Waals surface area contributed by atoms with Crippen LogP contribution in [0.15, 0.2) is 63.6 Å². The standard InChI is InChI=1S/C25H27N3O4S/c1-30-22-10-7-17(13-23(22)31-2)21-14-20(24-6-4-12-33-24)26-28(21)25(29)16-27(18-8-9-18)15-19-5-3-11-32-19/h3-7,10-13,18,21H,8-9,14-16H2,1-2H3/t21-/m0/s1. The zero-order chi connectivity index (χ0) is 22.8. The number of carbonyl (C=O) groups is 1. The Morgan fingerprint density at radius 1 is 1.18 bits per heavy atom. The number of furan rings is 1. The minimum absolute atomic E-state index is 0.0141. The number of nitrogens with zero attached hydrogens (tertiary/aromatic N) is 3. The van der Waals surface area contributed by atoms with E-state index in [0.29, 0.717) is 37.1 Å². The van der Waals surface area contributed by atoms with Gasteiger partial charge in [0.2, 0.25) is 0 Å². The fourth-order valence-electron chi connectivity index (χ4n) is 4.25. The maximum absolute atomic E-state index is 13.6. The third kappa shape index (κ3) is 4.67. The summed E-state index contributed by atoms with van der Waals surface area (Å²) in [5.41, 5.74) is 1.91. The first-order chi connectivity index (χ1) is 16.2. The number of carbonyl (C=O) groups excluding carboxylic acids is 1. The first-order valence-corrected chi connectivity index (χ1v) is 12.0. The minimum Gasteiger partial charge on any atom is -0.493 e. The molecule has 0 bridgehead atoms. The van der Waals surface area contributed by atoms with Crippen molar-refractivity contribution < 1.29 is 18.7 Å². The molecule has 3 aromatic rings. The van der Waals surface area contributed by atoms with Crippen LogP contribution >= 0.6 is 11.3 Å². The van der Waals surface area contributed by atoms with E-state index in [1.807, 2.05) is 41.8 Å². The second-order valence-corrected chi connectivity index (χ2v) is 9.26. The third-order valence-electron chi connectivity index (χ3n) is 6.10. The van der Waals surface area contributed by atoms with E-state index in [9.17, 15) is 4.79 Å². The van der Waals surface area contributed by atoms with E-state index in [2.05, 4.69) is 11.0 Å². The van der Waals surface area contributed by atoms with Gasteiger partial charge in [-0.05, 0) is 54.1 Å². The van der Waals surface area contributed by atoms with E-state index in [4.69, 9.17) is 19.0 Å². The fraction of sp³-hybridized carbons (Fsp3) is 0.360. The topological polar surface area (TPSA) is 67.5 Å². The summed E-state index contributed by atoms with van der Waals surface area (Å²) in [6, 6.07) is 13.9. The molecule has 1 aliphatic heterocycles. The molecule has 0 unspecified atom stereocenters. The summed E-state index contributed by atoms with van der Waals surface area (Å²) in [6.45, 7) is 0.927. The number of ether oxygens (including phenoxy) is 2. The lowest BCUT2D eigenvalue weighted by Gasteiger charge is -2.26. The van der Waals surface area contributed by atoms with Gasteiger partial charge in [0.05, 0.1) is 50.2 Å². The Balaban J connectivity index is 1.41. The van der Waals surface area contributed by atoms with Crippen LogP contribution in [0.2, 0.25) is 0 Å². The van der Waals surface area contributed by atoms with Crippen LogP contribution in [-0.2, 0) is 11.3 Å². The van der Waals surface area contributed by atoms with E-state index in [0.717, 1.165) is 34.8 Å². The van der Waals surface area contributed by atoms with Gasteiger partial charge in [-0.1, -0.05) is 12.1 Å². The van der Waals surface area contributed by atoms with Gasteiger partial charge in [-0.15, -0.1) is 11.3 Å². The van der Waals surface area contributed by atoms with Crippen molar-refractivity contribution in [2.75, 3.05) is 20.8 Å². The average Bonchev–Trinajstić information content (AvgIpc) is 3.24. The van der Waals surface area contributed by atoms with Crippen LogP contribution in [0.25, 0.3) is 0 Å². The molecule has 7 nitrogen and oxygen atoms in total. The van der Waals surface area contributed by atoms with Gasteiger partial charge in [0.25, 0.3) is 5.91 Å². The molecule has 0 saturated heterocycles. The van der Waals surface area contributed by atoms with E-state index >= 15 is 0 Å². The molecule has 1 aliphatic carbocycles. The molecule has 1 fully saturated rings. The predicted molar refractivity (Wildman–Crippen MR) is 127 cm³/mol. The van der Waals surface area contributed by atoms with Gasteiger partial charge in [-0.3, -0.25) is 9.69 Å². The van der Waals surface area contributed by atoms with Crippen LogP contribution in [0.1, 0.15) is 41.5 Å². The summed E-state index contributed by atoms with van der Waals surface area (Å²) >= 11 is 1.64. The van der Waals surface area contributed by atoms with Crippen LogP contribution < -0.4 is 9.47 Å². The molecule has 1 amide bonds.